The number of carbonyl (C=O) groups excluding carboxylic acids is 2. The molecule has 3 rings (SSSR count). The molecule has 1 amide bonds. The number of hydrogen-bond donors (Lipinski definition) is 1. The lowest BCUT2D eigenvalue weighted by Gasteiger charge is -2.24. The van der Waals surface area contributed by atoms with Crippen molar-refractivity contribution in [2.45, 2.75) is 59.3 Å². The topological polar surface area (TPSA) is 102 Å². The van der Waals surface area contributed by atoms with Crippen molar-refractivity contribution >= 4 is 40.4 Å². The smallest absolute Gasteiger partial charge is 0.225 e. The fourth-order valence-electron chi connectivity index (χ4n) is 4.10. The predicted molar refractivity (Wildman–Crippen MR) is 123 cm³/mol. The van der Waals surface area contributed by atoms with Crippen LogP contribution in [0.4, 0.5) is 5.82 Å². The second-order valence-electron chi connectivity index (χ2n) is 8.36. The van der Waals surface area contributed by atoms with Crippen molar-refractivity contribution in [2.75, 3.05) is 18.8 Å². The highest BCUT2D eigenvalue weighted by Gasteiger charge is 2.26. The zero-order valence-electron chi connectivity index (χ0n) is 18.4. The third kappa shape index (κ3) is 6.23. The number of carbonyl (C=O) groups is 2. The average molecular weight is 464 g/mol. The summed E-state index contributed by atoms with van der Waals surface area (Å²) in [5, 5.41) is 1.30. The molecule has 0 bridgehead atoms. The summed E-state index contributed by atoms with van der Waals surface area (Å²) in [7, 11) is 0. The van der Waals surface area contributed by atoms with Crippen LogP contribution in [0.3, 0.4) is 0 Å². The Morgan fingerprint density at radius 2 is 2.06 bits per heavy atom. The number of halogens is 1. The van der Waals surface area contributed by atoms with Gasteiger partial charge >= 0.3 is 0 Å². The monoisotopic (exact) mass is 463 g/mol. The van der Waals surface area contributed by atoms with Crippen LogP contribution in [0, 0.1) is 25.7 Å². The molecule has 1 saturated heterocycles. The number of ketones is 1. The number of Topliss-reactive ketones (excluding diaryl/α,β-unsaturated/α-hetero) is 1. The highest BCUT2D eigenvalue weighted by molar-refractivity contribution is 7.13. The highest BCUT2D eigenvalue weighted by Crippen LogP contribution is 2.27. The normalized spacial score (nSPS) is 17.9. The summed E-state index contributed by atoms with van der Waals surface area (Å²) >= 11 is 7.64. The van der Waals surface area contributed by atoms with Crippen LogP contribution in [0.15, 0.2) is 6.20 Å². The van der Waals surface area contributed by atoms with Crippen molar-refractivity contribution in [1.29, 1.82) is 0 Å². The van der Waals surface area contributed by atoms with Crippen LogP contribution in [0.5, 0.6) is 0 Å². The fraction of sp³-hybridized carbons (Fsp3) is 0.591. The lowest BCUT2D eigenvalue weighted by Crippen LogP contribution is -2.36. The molecule has 0 saturated carbocycles. The van der Waals surface area contributed by atoms with E-state index in [2.05, 4.69) is 15.0 Å². The van der Waals surface area contributed by atoms with Gasteiger partial charge in [-0.3, -0.25) is 9.59 Å². The molecule has 2 aromatic rings. The first-order valence-electron chi connectivity index (χ1n) is 10.8. The van der Waals surface area contributed by atoms with Crippen LogP contribution in [0.1, 0.15) is 65.1 Å². The lowest BCUT2D eigenvalue weighted by molar-refractivity contribution is -0.134. The Morgan fingerprint density at radius 3 is 2.74 bits per heavy atom. The summed E-state index contributed by atoms with van der Waals surface area (Å²) in [4.78, 5) is 40.5. The minimum absolute atomic E-state index is 0.00562. The largest absolute Gasteiger partial charge is 0.383 e. The van der Waals surface area contributed by atoms with Gasteiger partial charge in [0.1, 0.15) is 16.8 Å². The Labute approximate surface area is 192 Å². The van der Waals surface area contributed by atoms with Crippen LogP contribution >= 0.6 is 22.9 Å². The van der Waals surface area contributed by atoms with Gasteiger partial charge in [-0.05, 0) is 51.9 Å². The van der Waals surface area contributed by atoms with Gasteiger partial charge in [0.2, 0.25) is 5.91 Å². The van der Waals surface area contributed by atoms with Gasteiger partial charge in [-0.25, -0.2) is 15.0 Å². The molecule has 0 aliphatic carbocycles. The minimum atomic E-state index is -0.324. The van der Waals surface area contributed by atoms with E-state index in [9.17, 15) is 9.59 Å². The number of aryl methyl sites for hydroxylation is 2. The van der Waals surface area contributed by atoms with Crippen LogP contribution in [-0.4, -0.2) is 44.6 Å². The van der Waals surface area contributed by atoms with Crippen LogP contribution in [-0.2, 0) is 11.2 Å². The first-order chi connectivity index (χ1) is 14.7. The van der Waals surface area contributed by atoms with E-state index in [0.29, 0.717) is 27.6 Å². The Hall–Kier alpha value is -2.06. The number of amides is 1. The molecule has 1 fully saturated rings. The number of thiazole rings is 1. The Balaban J connectivity index is 1.51. The molecule has 3 heterocycles. The van der Waals surface area contributed by atoms with Crippen LogP contribution in [0.25, 0.3) is 0 Å². The molecular formula is C22H30ClN5O2S. The van der Waals surface area contributed by atoms with Gasteiger partial charge in [-0.1, -0.05) is 18.5 Å². The van der Waals surface area contributed by atoms with E-state index >= 15 is 0 Å². The first kappa shape index (κ1) is 23.6. The first-order valence-corrected chi connectivity index (χ1v) is 12.0. The summed E-state index contributed by atoms with van der Waals surface area (Å²) in [5.41, 5.74) is 6.84. The predicted octanol–water partition coefficient (Wildman–Crippen LogP) is 4.26. The molecule has 0 spiro atoms. The molecule has 1 unspecified atom stereocenters. The second-order valence-corrected chi connectivity index (χ2v) is 9.95. The molecular weight excluding hydrogens is 434 g/mol. The summed E-state index contributed by atoms with van der Waals surface area (Å²) in [6, 6.07) is 0. The second kappa shape index (κ2) is 10.5. The van der Waals surface area contributed by atoms with Crippen LogP contribution < -0.4 is 5.73 Å². The average Bonchev–Trinajstić information content (AvgIpc) is 3.01. The van der Waals surface area contributed by atoms with E-state index in [1.54, 1.807) is 13.1 Å². The lowest BCUT2D eigenvalue weighted by atomic mass is 9.93. The maximum absolute atomic E-state index is 12.9. The number of likely N-dealkylation sites (tertiary alicyclic amines) is 1. The van der Waals surface area contributed by atoms with E-state index in [1.807, 2.05) is 18.7 Å². The number of anilines is 1. The summed E-state index contributed by atoms with van der Waals surface area (Å²) in [6.07, 6.45) is 6.46. The molecule has 31 heavy (non-hydrogen) atoms. The van der Waals surface area contributed by atoms with Gasteiger partial charge in [-0.2, -0.15) is 0 Å². The van der Waals surface area contributed by atoms with Crippen molar-refractivity contribution in [2.24, 2.45) is 11.8 Å². The number of nitrogens with zero attached hydrogens (tertiary/aromatic N) is 4. The molecule has 1 aliphatic heterocycles. The minimum Gasteiger partial charge on any atom is -0.383 e. The molecule has 2 N–H and O–H groups in total. The zero-order valence-corrected chi connectivity index (χ0v) is 19.9. The maximum Gasteiger partial charge on any atom is 0.225 e. The van der Waals surface area contributed by atoms with Gasteiger partial charge < -0.3 is 10.6 Å². The Kier molecular flexibility index (Phi) is 8.00. The van der Waals surface area contributed by atoms with E-state index in [4.69, 9.17) is 17.3 Å². The van der Waals surface area contributed by atoms with Crippen molar-refractivity contribution in [3.63, 3.8) is 0 Å². The molecule has 168 valence electrons. The zero-order chi connectivity index (χ0) is 22.5. The van der Waals surface area contributed by atoms with Gasteiger partial charge in [0, 0.05) is 37.2 Å². The Morgan fingerprint density at radius 1 is 1.29 bits per heavy atom. The van der Waals surface area contributed by atoms with E-state index < -0.39 is 0 Å². The third-order valence-electron chi connectivity index (χ3n) is 5.87. The number of aromatic nitrogens is 3. The van der Waals surface area contributed by atoms with Gasteiger partial charge in [0.15, 0.2) is 5.78 Å². The van der Waals surface area contributed by atoms with Crippen molar-refractivity contribution in [3.05, 3.63) is 32.6 Å². The molecule has 2 atom stereocenters. The van der Waals surface area contributed by atoms with Gasteiger partial charge in [-0.15, -0.1) is 11.3 Å². The molecule has 9 heteroatoms. The molecule has 0 radical (unpaired) electrons. The quantitative estimate of drug-likeness (QED) is 0.486. The van der Waals surface area contributed by atoms with E-state index in [1.165, 1.54) is 11.3 Å². The summed E-state index contributed by atoms with van der Waals surface area (Å²) in [6.45, 7) is 6.95. The van der Waals surface area contributed by atoms with Crippen molar-refractivity contribution in [1.82, 2.24) is 19.9 Å². The van der Waals surface area contributed by atoms with E-state index in [-0.39, 0.29) is 24.0 Å². The number of hydrogen-bond acceptors (Lipinski definition) is 7. The molecule has 1 aliphatic rings. The van der Waals surface area contributed by atoms with Gasteiger partial charge in [0.25, 0.3) is 0 Å². The Bertz CT molecular complexity index is 925. The highest BCUT2D eigenvalue weighted by atomic mass is 35.5. The molecule has 7 nitrogen and oxygen atoms in total. The SMILES string of the molecule is Cc1nc(N)c(CCC2CCCN(C(=O)[C@H](C)CC(=O)c3cnc(C)s3)CC2)c(Cl)n1. The van der Waals surface area contributed by atoms with Crippen molar-refractivity contribution in [3.8, 4) is 0 Å². The summed E-state index contributed by atoms with van der Waals surface area (Å²) < 4.78 is 0. The number of nitrogens with two attached hydrogens (primary N) is 1. The van der Waals surface area contributed by atoms with Gasteiger partial charge in [0.05, 0.1) is 9.88 Å². The number of rotatable bonds is 7. The standard InChI is InChI=1S/C22H30ClN5O2S/c1-13(11-18(29)19-12-25-15(3)31-19)22(30)28-9-4-5-16(8-10-28)6-7-17-20(23)26-14(2)27-21(17)24/h12-13,16H,4-11H2,1-3H3,(H2,24,26,27)/t13-,16?/m1/s1. The maximum atomic E-state index is 12.9. The van der Waals surface area contributed by atoms with E-state index in [0.717, 1.165) is 55.8 Å². The van der Waals surface area contributed by atoms with Crippen molar-refractivity contribution < 1.29 is 9.59 Å². The number of nitrogen functional groups attached to an aromatic ring is 1. The molecule has 2 aromatic heterocycles. The fourth-order valence-corrected chi connectivity index (χ4v) is 5.14. The third-order valence-corrected chi connectivity index (χ3v) is 7.14. The summed E-state index contributed by atoms with van der Waals surface area (Å²) in [5.74, 6) is 1.26. The molecule has 0 aromatic carbocycles. The van der Waals surface area contributed by atoms with Crippen LogP contribution in [0.2, 0.25) is 5.15 Å².